The Morgan fingerprint density at radius 3 is 2.68 bits per heavy atom. The molecule has 3 rings (SSSR count). The summed E-state index contributed by atoms with van der Waals surface area (Å²) in [6, 6.07) is 4.75. The van der Waals surface area contributed by atoms with E-state index >= 15 is 0 Å². The average Bonchev–Trinajstić information content (AvgIpc) is 2.89. The van der Waals surface area contributed by atoms with Gasteiger partial charge < -0.3 is 9.84 Å². The highest BCUT2D eigenvalue weighted by molar-refractivity contribution is 5.97. The molecule has 1 N–H and O–H groups in total. The summed E-state index contributed by atoms with van der Waals surface area (Å²) in [5.74, 6) is -1.43. The molecule has 1 saturated carbocycles. The van der Waals surface area contributed by atoms with Gasteiger partial charge in [0.2, 0.25) is 5.90 Å². The molecule has 1 aromatic rings. The molecule has 1 aromatic carbocycles. The number of benzene rings is 1. The monoisotopic (exact) mass is 313 g/mol. The fraction of sp³-hybridized carbons (Fsp3) is 0.467. The minimum atomic E-state index is -4.49. The first-order valence-corrected chi connectivity index (χ1v) is 7.00. The van der Waals surface area contributed by atoms with Crippen LogP contribution in [0.5, 0.6) is 0 Å². The molecule has 118 valence electrons. The lowest BCUT2D eigenvalue weighted by Crippen LogP contribution is -2.33. The summed E-state index contributed by atoms with van der Waals surface area (Å²) < 4.78 is 44.7. The fourth-order valence-electron chi connectivity index (χ4n) is 2.99. The zero-order valence-electron chi connectivity index (χ0n) is 11.5. The van der Waals surface area contributed by atoms with Crippen LogP contribution >= 0.6 is 0 Å². The van der Waals surface area contributed by atoms with Crippen molar-refractivity contribution in [3.8, 4) is 0 Å². The van der Waals surface area contributed by atoms with Gasteiger partial charge in [-0.15, -0.1) is 0 Å². The quantitative estimate of drug-likeness (QED) is 0.912. The highest BCUT2D eigenvalue weighted by atomic mass is 19.4. The highest BCUT2D eigenvalue weighted by Gasteiger charge is 2.42. The second-order valence-electron chi connectivity index (χ2n) is 5.55. The number of alkyl halides is 3. The van der Waals surface area contributed by atoms with Crippen molar-refractivity contribution in [2.24, 2.45) is 10.9 Å². The van der Waals surface area contributed by atoms with Crippen molar-refractivity contribution in [2.45, 2.75) is 37.6 Å². The molecule has 1 heterocycles. The van der Waals surface area contributed by atoms with Crippen LogP contribution in [-0.2, 0) is 15.7 Å². The van der Waals surface area contributed by atoms with Gasteiger partial charge >= 0.3 is 12.1 Å². The number of aliphatic carboxylic acids is 1. The number of rotatable bonds is 2. The zero-order chi connectivity index (χ0) is 15.9. The lowest BCUT2D eigenvalue weighted by atomic mass is 9.84. The van der Waals surface area contributed by atoms with E-state index in [2.05, 4.69) is 4.99 Å². The van der Waals surface area contributed by atoms with Crippen LogP contribution in [0.3, 0.4) is 0 Å². The van der Waals surface area contributed by atoms with Crippen molar-refractivity contribution in [3.05, 3.63) is 35.4 Å². The fourth-order valence-corrected chi connectivity index (χ4v) is 2.99. The van der Waals surface area contributed by atoms with E-state index in [-0.39, 0.29) is 23.6 Å². The third-order valence-electron chi connectivity index (χ3n) is 4.11. The molecule has 7 heteroatoms. The maximum absolute atomic E-state index is 13.1. The Morgan fingerprint density at radius 1 is 1.27 bits per heavy atom. The summed E-state index contributed by atoms with van der Waals surface area (Å²) in [7, 11) is 0. The predicted molar refractivity (Wildman–Crippen MR) is 71.6 cm³/mol. The Kier molecular flexibility index (Phi) is 3.58. The van der Waals surface area contributed by atoms with Crippen LogP contribution in [-0.4, -0.2) is 29.1 Å². The first-order valence-electron chi connectivity index (χ1n) is 7.00. The second-order valence-corrected chi connectivity index (χ2v) is 5.55. The van der Waals surface area contributed by atoms with Crippen molar-refractivity contribution in [1.29, 1.82) is 0 Å². The molecule has 4 nitrogen and oxygen atoms in total. The standard InChI is InChI=1S/C15H14F3NO3/c16-15(17,18)10-4-2-1-3-9(10)13-19-11-7-8(14(20)21)5-6-12(11)22-13/h1-4,8,11-12H,5-7H2,(H,20,21). The van der Waals surface area contributed by atoms with Crippen LogP contribution in [0, 0.1) is 5.92 Å². The van der Waals surface area contributed by atoms with Crippen molar-refractivity contribution >= 4 is 11.9 Å². The number of aliphatic imine (C=N–C) groups is 1. The van der Waals surface area contributed by atoms with Crippen molar-refractivity contribution in [2.75, 3.05) is 0 Å². The SMILES string of the molecule is O=C(O)C1CCC2OC(c3ccccc3C(F)(F)F)=NC2C1. The van der Waals surface area contributed by atoms with E-state index in [1.807, 2.05) is 0 Å². The maximum atomic E-state index is 13.1. The number of hydrogen-bond acceptors (Lipinski definition) is 3. The van der Waals surface area contributed by atoms with Gasteiger partial charge in [-0.3, -0.25) is 4.79 Å². The molecule has 0 bridgehead atoms. The predicted octanol–water partition coefficient (Wildman–Crippen LogP) is 3.10. The Hall–Kier alpha value is -2.05. The van der Waals surface area contributed by atoms with Gasteiger partial charge in [0.25, 0.3) is 0 Å². The van der Waals surface area contributed by atoms with Crippen LogP contribution in [0.4, 0.5) is 13.2 Å². The molecule has 22 heavy (non-hydrogen) atoms. The molecule has 2 aliphatic rings. The Balaban J connectivity index is 1.89. The number of carboxylic acids is 1. The summed E-state index contributed by atoms with van der Waals surface area (Å²) in [5, 5.41) is 9.05. The largest absolute Gasteiger partial charge is 0.481 e. The molecule has 0 aromatic heterocycles. The number of halogens is 3. The number of fused-ring (bicyclic) bond motifs is 1. The van der Waals surface area contributed by atoms with Gasteiger partial charge in [0.1, 0.15) is 6.10 Å². The van der Waals surface area contributed by atoms with Crippen molar-refractivity contribution in [3.63, 3.8) is 0 Å². The van der Waals surface area contributed by atoms with Crippen molar-refractivity contribution in [1.82, 2.24) is 0 Å². The first-order chi connectivity index (χ1) is 10.4. The molecule has 1 fully saturated rings. The van der Waals surface area contributed by atoms with Crippen LogP contribution < -0.4 is 0 Å². The summed E-state index contributed by atoms with van der Waals surface area (Å²) >= 11 is 0. The van der Waals surface area contributed by atoms with Crippen LogP contribution in [0.25, 0.3) is 0 Å². The Morgan fingerprint density at radius 2 is 2.00 bits per heavy atom. The second kappa shape index (κ2) is 5.30. The summed E-state index contributed by atoms with van der Waals surface area (Å²) in [6.45, 7) is 0. The average molecular weight is 313 g/mol. The lowest BCUT2D eigenvalue weighted by Gasteiger charge is -2.26. The normalized spacial score (nSPS) is 27.8. The van der Waals surface area contributed by atoms with E-state index < -0.39 is 23.6 Å². The number of nitrogens with zero attached hydrogens (tertiary/aromatic N) is 1. The smallest absolute Gasteiger partial charge is 0.417 e. The molecule has 0 radical (unpaired) electrons. The summed E-state index contributed by atoms with van der Waals surface area (Å²) in [6.07, 6.45) is -3.56. The van der Waals surface area contributed by atoms with Crippen LogP contribution in [0.15, 0.2) is 29.3 Å². The molecular formula is C15H14F3NO3. The number of carbonyl (C=O) groups is 1. The van der Waals surface area contributed by atoms with E-state index in [0.29, 0.717) is 19.3 Å². The Labute approximate surface area is 124 Å². The summed E-state index contributed by atoms with van der Waals surface area (Å²) in [5.41, 5.74) is -0.876. The van der Waals surface area contributed by atoms with E-state index in [1.54, 1.807) is 0 Å². The molecule has 1 aliphatic carbocycles. The molecule has 3 atom stereocenters. The maximum Gasteiger partial charge on any atom is 0.417 e. The molecule has 0 amide bonds. The van der Waals surface area contributed by atoms with Gasteiger partial charge in [-0.05, 0) is 31.4 Å². The Bertz CT molecular complexity index is 627. The van der Waals surface area contributed by atoms with Gasteiger partial charge in [0.05, 0.1) is 17.5 Å². The van der Waals surface area contributed by atoms with Crippen LogP contribution in [0.1, 0.15) is 30.4 Å². The number of carboxylic acid groups (broad SMARTS) is 1. The van der Waals surface area contributed by atoms with E-state index in [4.69, 9.17) is 9.84 Å². The number of hydrogen-bond donors (Lipinski definition) is 1. The van der Waals surface area contributed by atoms with Gasteiger partial charge in [-0.2, -0.15) is 13.2 Å². The van der Waals surface area contributed by atoms with Gasteiger partial charge in [0, 0.05) is 5.56 Å². The molecule has 1 aliphatic heterocycles. The molecule has 0 spiro atoms. The minimum Gasteiger partial charge on any atom is -0.481 e. The lowest BCUT2D eigenvalue weighted by molar-refractivity contribution is -0.143. The highest BCUT2D eigenvalue weighted by Crippen LogP contribution is 2.37. The van der Waals surface area contributed by atoms with Gasteiger partial charge in [-0.25, -0.2) is 4.99 Å². The third kappa shape index (κ3) is 2.67. The first kappa shape index (κ1) is 14.9. The van der Waals surface area contributed by atoms with E-state index in [1.165, 1.54) is 18.2 Å². The molecule has 3 unspecified atom stereocenters. The van der Waals surface area contributed by atoms with E-state index in [9.17, 15) is 18.0 Å². The minimum absolute atomic E-state index is 0.0334. The van der Waals surface area contributed by atoms with Gasteiger partial charge in [-0.1, -0.05) is 12.1 Å². The topological polar surface area (TPSA) is 58.9 Å². The molecule has 0 saturated heterocycles. The zero-order valence-corrected chi connectivity index (χ0v) is 11.5. The number of ether oxygens (including phenoxy) is 1. The van der Waals surface area contributed by atoms with Gasteiger partial charge in [0.15, 0.2) is 0 Å². The third-order valence-corrected chi connectivity index (χ3v) is 4.11. The summed E-state index contributed by atoms with van der Waals surface area (Å²) in [4.78, 5) is 15.3. The van der Waals surface area contributed by atoms with Crippen molar-refractivity contribution < 1.29 is 27.8 Å². The van der Waals surface area contributed by atoms with E-state index in [0.717, 1.165) is 6.07 Å². The molecular weight excluding hydrogens is 299 g/mol. The van der Waals surface area contributed by atoms with Crippen LogP contribution in [0.2, 0.25) is 0 Å².